The van der Waals surface area contributed by atoms with E-state index in [9.17, 15) is 0 Å². The Bertz CT molecular complexity index is 311. The summed E-state index contributed by atoms with van der Waals surface area (Å²) in [5.41, 5.74) is 5.48. The first-order chi connectivity index (χ1) is 7.16. The van der Waals surface area contributed by atoms with Gasteiger partial charge in [-0.3, -0.25) is 0 Å². The highest BCUT2D eigenvalue weighted by Gasteiger charge is 2.26. The lowest BCUT2D eigenvalue weighted by Gasteiger charge is -2.29. The number of nitrogen functional groups attached to an aromatic ring is 1. The molecule has 0 amide bonds. The van der Waals surface area contributed by atoms with Gasteiger partial charge in [0.05, 0.1) is 6.20 Å². The number of hydrogen-bond donors (Lipinski definition) is 1. The fraction of sp³-hybridized carbons (Fsp3) is 0.750. The lowest BCUT2D eigenvalue weighted by molar-refractivity contribution is 0.245. The average Bonchev–Trinajstić information content (AvgIpc) is 2.65. The van der Waals surface area contributed by atoms with Crippen molar-refractivity contribution in [3.63, 3.8) is 0 Å². The highest BCUT2D eigenvalue weighted by molar-refractivity contribution is 5.14. The lowest BCUT2D eigenvalue weighted by Crippen LogP contribution is -2.17. The summed E-state index contributed by atoms with van der Waals surface area (Å²) >= 11 is 0. The predicted molar refractivity (Wildman–Crippen MR) is 60.5 cm³/mol. The van der Waals surface area contributed by atoms with E-state index in [1.807, 2.05) is 0 Å². The van der Waals surface area contributed by atoms with Gasteiger partial charge in [0.15, 0.2) is 0 Å². The molecule has 1 aliphatic rings. The zero-order valence-corrected chi connectivity index (χ0v) is 9.57. The van der Waals surface area contributed by atoms with Gasteiger partial charge in [0.1, 0.15) is 5.76 Å². The van der Waals surface area contributed by atoms with Crippen molar-refractivity contribution in [2.75, 3.05) is 5.73 Å². The summed E-state index contributed by atoms with van der Waals surface area (Å²) in [4.78, 5) is 3.96. The van der Waals surface area contributed by atoms with Crippen LogP contribution in [0.1, 0.15) is 51.2 Å². The lowest BCUT2D eigenvalue weighted by atomic mass is 9.76. The van der Waals surface area contributed by atoms with Crippen LogP contribution in [0.25, 0.3) is 0 Å². The topological polar surface area (TPSA) is 52.0 Å². The van der Waals surface area contributed by atoms with E-state index in [-0.39, 0.29) is 0 Å². The third-order valence-corrected chi connectivity index (χ3v) is 3.66. The number of rotatable bonds is 2. The second kappa shape index (κ2) is 4.25. The van der Waals surface area contributed by atoms with Crippen LogP contribution in [0.4, 0.5) is 6.01 Å². The second-order valence-electron chi connectivity index (χ2n) is 4.96. The molecule has 2 N–H and O–H groups in total. The first kappa shape index (κ1) is 10.5. The fourth-order valence-electron chi connectivity index (χ4n) is 2.56. The number of anilines is 1. The van der Waals surface area contributed by atoms with E-state index >= 15 is 0 Å². The van der Waals surface area contributed by atoms with Gasteiger partial charge in [0, 0.05) is 5.92 Å². The second-order valence-corrected chi connectivity index (χ2v) is 4.96. The minimum Gasteiger partial charge on any atom is -0.429 e. The molecule has 0 aromatic carbocycles. The maximum Gasteiger partial charge on any atom is 0.292 e. The van der Waals surface area contributed by atoms with Crippen molar-refractivity contribution >= 4 is 6.01 Å². The minimum absolute atomic E-state index is 0.302. The average molecular weight is 208 g/mol. The Hall–Kier alpha value is -0.990. The molecule has 84 valence electrons. The Morgan fingerprint density at radius 1 is 1.33 bits per heavy atom. The molecule has 1 heterocycles. The third kappa shape index (κ3) is 2.33. The van der Waals surface area contributed by atoms with Gasteiger partial charge in [0.25, 0.3) is 6.01 Å². The van der Waals surface area contributed by atoms with Gasteiger partial charge in [0.2, 0.25) is 0 Å². The smallest absolute Gasteiger partial charge is 0.292 e. The van der Waals surface area contributed by atoms with Crippen molar-refractivity contribution in [3.8, 4) is 0 Å². The molecule has 0 radical (unpaired) electrons. The van der Waals surface area contributed by atoms with Gasteiger partial charge < -0.3 is 10.2 Å². The quantitative estimate of drug-likeness (QED) is 0.812. The van der Waals surface area contributed by atoms with Crippen LogP contribution in [0.3, 0.4) is 0 Å². The molecule has 0 saturated heterocycles. The summed E-state index contributed by atoms with van der Waals surface area (Å²) in [5.74, 6) is 3.23. The van der Waals surface area contributed by atoms with Crippen molar-refractivity contribution < 1.29 is 4.42 Å². The normalized spacial score (nSPS) is 27.1. The van der Waals surface area contributed by atoms with Gasteiger partial charge in [-0.15, -0.1) is 0 Å². The molecule has 1 saturated carbocycles. The van der Waals surface area contributed by atoms with E-state index in [2.05, 4.69) is 18.8 Å². The number of nitrogens with two attached hydrogens (primary N) is 1. The monoisotopic (exact) mass is 208 g/mol. The largest absolute Gasteiger partial charge is 0.429 e. The molecule has 1 aromatic rings. The van der Waals surface area contributed by atoms with Crippen molar-refractivity contribution in [3.05, 3.63) is 12.0 Å². The summed E-state index contributed by atoms with van der Waals surface area (Å²) in [6.45, 7) is 4.63. The van der Waals surface area contributed by atoms with Crippen LogP contribution in [0.15, 0.2) is 10.6 Å². The third-order valence-electron chi connectivity index (χ3n) is 3.66. The van der Waals surface area contributed by atoms with E-state index in [1.165, 1.54) is 25.7 Å². The van der Waals surface area contributed by atoms with Gasteiger partial charge in [-0.05, 0) is 37.5 Å². The SMILES string of the molecule is CC(C)C1CCC(c2cnc(N)o2)CC1. The van der Waals surface area contributed by atoms with Crippen LogP contribution in [0, 0.1) is 11.8 Å². The highest BCUT2D eigenvalue weighted by Crippen LogP contribution is 2.38. The van der Waals surface area contributed by atoms with Crippen LogP contribution >= 0.6 is 0 Å². The molecule has 1 aliphatic carbocycles. The molecule has 0 atom stereocenters. The van der Waals surface area contributed by atoms with Crippen molar-refractivity contribution in [2.45, 2.75) is 45.4 Å². The fourth-order valence-corrected chi connectivity index (χ4v) is 2.56. The molecule has 2 rings (SSSR count). The maximum absolute atomic E-state index is 5.48. The molecule has 1 aromatic heterocycles. The van der Waals surface area contributed by atoms with Crippen LogP contribution < -0.4 is 5.73 Å². The van der Waals surface area contributed by atoms with E-state index in [0.717, 1.165) is 17.6 Å². The van der Waals surface area contributed by atoms with E-state index in [1.54, 1.807) is 6.20 Å². The molecule has 0 bridgehead atoms. The minimum atomic E-state index is 0.302. The molecular formula is C12H20N2O. The van der Waals surface area contributed by atoms with Crippen LogP contribution in [-0.4, -0.2) is 4.98 Å². The van der Waals surface area contributed by atoms with E-state index in [4.69, 9.17) is 10.2 Å². The van der Waals surface area contributed by atoms with Crippen LogP contribution in [0.2, 0.25) is 0 Å². The Kier molecular flexibility index (Phi) is 2.98. The molecule has 0 unspecified atom stereocenters. The van der Waals surface area contributed by atoms with Gasteiger partial charge in [-0.1, -0.05) is 13.8 Å². The highest BCUT2D eigenvalue weighted by atomic mass is 16.4. The summed E-state index contributed by atoms with van der Waals surface area (Å²) in [6.07, 6.45) is 6.84. The molecule has 3 nitrogen and oxygen atoms in total. The van der Waals surface area contributed by atoms with Gasteiger partial charge in [-0.25, -0.2) is 4.98 Å². The molecular weight excluding hydrogens is 188 g/mol. The van der Waals surface area contributed by atoms with Gasteiger partial charge >= 0.3 is 0 Å². The molecule has 15 heavy (non-hydrogen) atoms. The molecule has 0 spiro atoms. The number of oxazole rings is 1. The first-order valence-electron chi connectivity index (χ1n) is 5.88. The number of nitrogens with zero attached hydrogens (tertiary/aromatic N) is 1. The van der Waals surface area contributed by atoms with Crippen LogP contribution in [0.5, 0.6) is 0 Å². The van der Waals surface area contributed by atoms with Crippen LogP contribution in [-0.2, 0) is 0 Å². The number of aromatic nitrogens is 1. The first-order valence-corrected chi connectivity index (χ1v) is 5.88. The van der Waals surface area contributed by atoms with Crippen molar-refractivity contribution in [1.82, 2.24) is 4.98 Å². The molecule has 0 aliphatic heterocycles. The summed E-state index contributed by atoms with van der Waals surface area (Å²) < 4.78 is 5.39. The summed E-state index contributed by atoms with van der Waals surface area (Å²) in [7, 11) is 0. The number of hydrogen-bond acceptors (Lipinski definition) is 3. The Labute approximate surface area is 91.1 Å². The van der Waals surface area contributed by atoms with E-state index in [0.29, 0.717) is 11.9 Å². The molecule has 3 heteroatoms. The standard InChI is InChI=1S/C12H20N2O/c1-8(2)9-3-5-10(6-4-9)11-7-14-12(13)15-11/h7-10H,3-6H2,1-2H3,(H2,13,14). The van der Waals surface area contributed by atoms with Crippen molar-refractivity contribution in [1.29, 1.82) is 0 Å². The maximum atomic E-state index is 5.48. The predicted octanol–water partition coefficient (Wildman–Crippen LogP) is 3.19. The Balaban J connectivity index is 1.93. The Morgan fingerprint density at radius 2 is 2.00 bits per heavy atom. The van der Waals surface area contributed by atoms with E-state index < -0.39 is 0 Å². The summed E-state index contributed by atoms with van der Waals surface area (Å²) in [5, 5.41) is 0. The Morgan fingerprint density at radius 3 is 2.47 bits per heavy atom. The molecule has 1 fully saturated rings. The van der Waals surface area contributed by atoms with Crippen molar-refractivity contribution in [2.24, 2.45) is 11.8 Å². The summed E-state index contributed by atoms with van der Waals surface area (Å²) in [6, 6.07) is 0.302. The van der Waals surface area contributed by atoms with Gasteiger partial charge in [-0.2, -0.15) is 0 Å². The zero-order chi connectivity index (χ0) is 10.8. The zero-order valence-electron chi connectivity index (χ0n) is 9.57.